The summed E-state index contributed by atoms with van der Waals surface area (Å²) in [6.07, 6.45) is 0. The maximum absolute atomic E-state index is 12.7. The number of hydrogen-bond donors (Lipinski definition) is 2. The van der Waals surface area contributed by atoms with Gasteiger partial charge in [0.15, 0.2) is 12.4 Å². The Morgan fingerprint density at radius 1 is 0.778 bits per heavy atom. The Morgan fingerprint density at radius 2 is 1.42 bits per heavy atom. The first-order valence-electron chi connectivity index (χ1n) is 11.2. The standard InChI is InChI=1S/C28H26N2O5S/c1-20-16-21(2)18-22(17-20)30-36(32,33)25-14-12-23(13-15-25)34-19-28(31)29-26-10-6-7-11-27(26)35-24-8-4-3-5-9-24/h3-18,30H,19H2,1-2H3,(H,29,31). The zero-order chi connectivity index (χ0) is 25.5. The topological polar surface area (TPSA) is 93.7 Å². The lowest BCUT2D eigenvalue weighted by Crippen LogP contribution is -2.20. The summed E-state index contributed by atoms with van der Waals surface area (Å²) in [6, 6.07) is 27.7. The molecule has 0 radical (unpaired) electrons. The van der Waals surface area contributed by atoms with Gasteiger partial charge >= 0.3 is 0 Å². The number of anilines is 2. The van der Waals surface area contributed by atoms with Crippen molar-refractivity contribution in [3.63, 3.8) is 0 Å². The number of ether oxygens (including phenoxy) is 2. The molecule has 4 aromatic carbocycles. The molecule has 0 bridgehead atoms. The summed E-state index contributed by atoms with van der Waals surface area (Å²) in [4.78, 5) is 12.6. The monoisotopic (exact) mass is 502 g/mol. The van der Waals surface area contributed by atoms with Crippen molar-refractivity contribution in [2.75, 3.05) is 16.6 Å². The minimum atomic E-state index is -3.76. The summed E-state index contributed by atoms with van der Waals surface area (Å²) in [5, 5.41) is 2.78. The van der Waals surface area contributed by atoms with Crippen molar-refractivity contribution in [3.8, 4) is 17.2 Å². The van der Waals surface area contributed by atoms with E-state index in [-0.39, 0.29) is 17.4 Å². The number of carbonyl (C=O) groups excluding carboxylic acids is 1. The summed E-state index contributed by atoms with van der Waals surface area (Å²) < 4.78 is 39.5. The molecule has 0 aliphatic heterocycles. The van der Waals surface area contributed by atoms with Gasteiger partial charge in [-0.05, 0) is 85.6 Å². The van der Waals surface area contributed by atoms with E-state index >= 15 is 0 Å². The third-order valence-electron chi connectivity index (χ3n) is 5.11. The lowest BCUT2D eigenvalue weighted by Gasteiger charge is -2.13. The van der Waals surface area contributed by atoms with Crippen LogP contribution in [0, 0.1) is 13.8 Å². The van der Waals surface area contributed by atoms with E-state index in [1.54, 1.807) is 30.3 Å². The molecular weight excluding hydrogens is 476 g/mol. The van der Waals surface area contributed by atoms with Gasteiger partial charge in [0.1, 0.15) is 11.5 Å². The van der Waals surface area contributed by atoms with Crippen LogP contribution in [-0.2, 0) is 14.8 Å². The number of carbonyl (C=O) groups is 1. The van der Waals surface area contributed by atoms with E-state index in [9.17, 15) is 13.2 Å². The highest BCUT2D eigenvalue weighted by atomic mass is 32.2. The van der Waals surface area contributed by atoms with Crippen molar-refractivity contribution in [2.24, 2.45) is 0 Å². The Bertz CT molecular complexity index is 1430. The number of nitrogens with one attached hydrogen (secondary N) is 2. The van der Waals surface area contributed by atoms with Gasteiger partial charge in [-0.1, -0.05) is 36.4 Å². The lowest BCUT2D eigenvalue weighted by molar-refractivity contribution is -0.118. The maximum atomic E-state index is 12.7. The highest BCUT2D eigenvalue weighted by molar-refractivity contribution is 7.92. The minimum Gasteiger partial charge on any atom is -0.484 e. The van der Waals surface area contributed by atoms with Crippen LogP contribution < -0.4 is 19.5 Å². The van der Waals surface area contributed by atoms with Crippen LogP contribution in [0.15, 0.2) is 102 Å². The van der Waals surface area contributed by atoms with Crippen LogP contribution in [0.3, 0.4) is 0 Å². The Kier molecular flexibility index (Phi) is 7.56. The second kappa shape index (κ2) is 11.0. The molecule has 0 aliphatic rings. The van der Waals surface area contributed by atoms with Gasteiger partial charge in [0.2, 0.25) is 0 Å². The van der Waals surface area contributed by atoms with Gasteiger partial charge in [0, 0.05) is 5.69 Å². The molecule has 0 fully saturated rings. The van der Waals surface area contributed by atoms with E-state index in [1.807, 2.05) is 56.3 Å². The van der Waals surface area contributed by atoms with Gasteiger partial charge in [-0.15, -0.1) is 0 Å². The lowest BCUT2D eigenvalue weighted by atomic mass is 10.1. The number of hydrogen-bond acceptors (Lipinski definition) is 5. The summed E-state index contributed by atoms with van der Waals surface area (Å²) in [5.74, 6) is 1.14. The predicted octanol–water partition coefficient (Wildman–Crippen LogP) is 5.91. The molecule has 184 valence electrons. The molecule has 4 aromatic rings. The van der Waals surface area contributed by atoms with E-state index in [0.717, 1.165) is 11.1 Å². The predicted molar refractivity (Wildman–Crippen MR) is 140 cm³/mol. The molecule has 0 aromatic heterocycles. The van der Waals surface area contributed by atoms with Gasteiger partial charge < -0.3 is 14.8 Å². The maximum Gasteiger partial charge on any atom is 0.262 e. The molecule has 0 saturated carbocycles. The summed E-state index contributed by atoms with van der Waals surface area (Å²) in [7, 11) is -3.76. The number of aryl methyl sites for hydroxylation is 2. The van der Waals surface area contributed by atoms with Crippen LogP contribution >= 0.6 is 0 Å². The van der Waals surface area contributed by atoms with Gasteiger partial charge in [0.25, 0.3) is 15.9 Å². The highest BCUT2D eigenvalue weighted by Crippen LogP contribution is 2.29. The zero-order valence-corrected chi connectivity index (χ0v) is 20.7. The molecule has 0 spiro atoms. The Balaban J connectivity index is 1.35. The summed E-state index contributed by atoms with van der Waals surface area (Å²) in [5.41, 5.74) is 2.93. The molecule has 1 amide bonds. The smallest absolute Gasteiger partial charge is 0.262 e. The molecule has 0 atom stereocenters. The molecule has 0 saturated heterocycles. The molecule has 8 heteroatoms. The minimum absolute atomic E-state index is 0.0884. The summed E-state index contributed by atoms with van der Waals surface area (Å²) in [6.45, 7) is 3.55. The molecule has 0 unspecified atom stereocenters. The van der Waals surface area contributed by atoms with E-state index in [0.29, 0.717) is 28.6 Å². The Labute approximate surface area is 210 Å². The van der Waals surface area contributed by atoms with E-state index in [2.05, 4.69) is 10.0 Å². The molecule has 2 N–H and O–H groups in total. The first-order chi connectivity index (χ1) is 17.3. The van der Waals surface area contributed by atoms with Gasteiger partial charge in [-0.2, -0.15) is 0 Å². The van der Waals surface area contributed by atoms with Crippen molar-refractivity contribution >= 4 is 27.3 Å². The average molecular weight is 503 g/mol. The highest BCUT2D eigenvalue weighted by Gasteiger charge is 2.15. The summed E-state index contributed by atoms with van der Waals surface area (Å²) >= 11 is 0. The van der Waals surface area contributed by atoms with E-state index in [1.165, 1.54) is 24.3 Å². The van der Waals surface area contributed by atoms with E-state index in [4.69, 9.17) is 9.47 Å². The third-order valence-corrected chi connectivity index (χ3v) is 6.51. The van der Waals surface area contributed by atoms with Gasteiger partial charge in [-0.25, -0.2) is 8.42 Å². The SMILES string of the molecule is Cc1cc(C)cc(NS(=O)(=O)c2ccc(OCC(=O)Nc3ccccc3Oc3ccccc3)cc2)c1. The quantitative estimate of drug-likeness (QED) is 0.297. The molecule has 7 nitrogen and oxygen atoms in total. The van der Waals surface area contributed by atoms with E-state index < -0.39 is 10.0 Å². The molecule has 0 aliphatic carbocycles. The molecule has 36 heavy (non-hydrogen) atoms. The fraction of sp³-hybridized carbons (Fsp3) is 0.107. The number of amides is 1. The van der Waals surface area contributed by atoms with Crippen LogP contribution in [0.25, 0.3) is 0 Å². The largest absolute Gasteiger partial charge is 0.484 e. The van der Waals surface area contributed by atoms with Crippen molar-refractivity contribution in [2.45, 2.75) is 18.7 Å². The second-order valence-corrected chi connectivity index (χ2v) is 9.88. The number of benzene rings is 4. The normalized spacial score (nSPS) is 10.9. The van der Waals surface area contributed by atoms with Crippen molar-refractivity contribution in [1.82, 2.24) is 0 Å². The van der Waals surface area contributed by atoms with Gasteiger partial charge in [0.05, 0.1) is 10.6 Å². The first kappa shape index (κ1) is 24.8. The average Bonchev–Trinajstić information content (AvgIpc) is 2.84. The van der Waals surface area contributed by atoms with Crippen molar-refractivity contribution < 1.29 is 22.7 Å². The third kappa shape index (κ3) is 6.64. The van der Waals surface area contributed by atoms with Crippen LogP contribution in [0.1, 0.15) is 11.1 Å². The van der Waals surface area contributed by atoms with Crippen molar-refractivity contribution in [1.29, 1.82) is 0 Å². The zero-order valence-electron chi connectivity index (χ0n) is 19.9. The molecule has 4 rings (SSSR count). The Hall–Kier alpha value is -4.30. The van der Waals surface area contributed by atoms with Crippen LogP contribution in [0.2, 0.25) is 0 Å². The van der Waals surface area contributed by atoms with Crippen molar-refractivity contribution in [3.05, 3.63) is 108 Å². The van der Waals surface area contributed by atoms with Gasteiger partial charge in [-0.3, -0.25) is 9.52 Å². The van der Waals surface area contributed by atoms with Crippen LogP contribution in [-0.4, -0.2) is 20.9 Å². The number of para-hydroxylation sites is 3. The first-order valence-corrected chi connectivity index (χ1v) is 12.7. The fourth-order valence-electron chi connectivity index (χ4n) is 3.57. The van der Waals surface area contributed by atoms with Crippen LogP contribution in [0.4, 0.5) is 11.4 Å². The molecule has 0 heterocycles. The molecular formula is C28H26N2O5S. The second-order valence-electron chi connectivity index (χ2n) is 8.20. The number of sulfonamides is 1. The van der Waals surface area contributed by atoms with Crippen LogP contribution in [0.5, 0.6) is 17.2 Å². The fourth-order valence-corrected chi connectivity index (χ4v) is 4.61. The Morgan fingerprint density at radius 3 is 2.11 bits per heavy atom. The number of rotatable bonds is 9.